The normalized spacial score (nSPS) is 9.96. The van der Waals surface area contributed by atoms with E-state index in [0.717, 1.165) is 16.5 Å². The molecule has 0 fully saturated rings. The molecule has 0 radical (unpaired) electrons. The van der Waals surface area contributed by atoms with Crippen LogP contribution in [0.25, 0.3) is 11.0 Å². The topological polar surface area (TPSA) is 82.8 Å². The van der Waals surface area contributed by atoms with Crippen molar-refractivity contribution in [1.29, 1.82) is 0 Å². The summed E-state index contributed by atoms with van der Waals surface area (Å²) in [6, 6.07) is 16.0. The number of carbonyl (C=O) groups is 2. The summed E-state index contributed by atoms with van der Waals surface area (Å²) in [5, 5.41) is 0.834. The largest absolute Gasteiger partial charge is 0.461 e. The molecule has 0 bridgehead atoms. The zero-order chi connectivity index (χ0) is 20.5. The number of hydrogen-bond donors (Lipinski definition) is 0. The van der Waals surface area contributed by atoms with Gasteiger partial charge < -0.3 is 13.9 Å². The van der Waals surface area contributed by atoms with E-state index < -0.39 is 5.63 Å². The number of ether oxygens (including phenoxy) is 2. The predicted octanol–water partition coefficient (Wildman–Crippen LogP) is 4.17. The third kappa shape index (κ3) is 6.39. The van der Waals surface area contributed by atoms with Crippen LogP contribution in [0.1, 0.15) is 31.4 Å². The maximum Gasteiger partial charge on any atom is 0.336 e. The van der Waals surface area contributed by atoms with E-state index in [1.54, 1.807) is 25.1 Å². The number of esters is 2. The van der Waals surface area contributed by atoms with Gasteiger partial charge in [-0.15, -0.1) is 0 Å². The Bertz CT molecular complexity index is 1000. The van der Waals surface area contributed by atoms with Crippen molar-refractivity contribution in [2.45, 2.75) is 33.8 Å². The van der Waals surface area contributed by atoms with E-state index in [4.69, 9.17) is 13.9 Å². The molecule has 0 unspecified atom stereocenters. The van der Waals surface area contributed by atoms with Gasteiger partial charge >= 0.3 is 17.6 Å². The lowest BCUT2D eigenvalue weighted by Gasteiger charge is -2.04. The van der Waals surface area contributed by atoms with Crippen molar-refractivity contribution in [3.63, 3.8) is 0 Å². The second kappa shape index (κ2) is 10.1. The summed E-state index contributed by atoms with van der Waals surface area (Å²) in [7, 11) is 0. The summed E-state index contributed by atoms with van der Waals surface area (Å²) in [5.74, 6) is -0.175. The molecule has 0 aliphatic rings. The van der Waals surface area contributed by atoms with Crippen LogP contribution in [0, 0.1) is 6.92 Å². The lowest BCUT2D eigenvalue weighted by atomic mass is 10.1. The summed E-state index contributed by atoms with van der Waals surface area (Å²) in [6.07, 6.45) is 0.301. The summed E-state index contributed by atoms with van der Waals surface area (Å²) < 4.78 is 14.9. The monoisotopic (exact) mass is 382 g/mol. The SMILES string of the molecule is CC(=O)OCc1ccccc1.CCC(=O)Oc1ccc2c(C)cc(=O)oc2c1. The molecule has 0 spiro atoms. The van der Waals surface area contributed by atoms with E-state index in [0.29, 0.717) is 24.4 Å². The highest BCUT2D eigenvalue weighted by molar-refractivity contribution is 5.82. The highest BCUT2D eigenvalue weighted by atomic mass is 16.5. The van der Waals surface area contributed by atoms with Gasteiger partial charge in [-0.3, -0.25) is 9.59 Å². The molecule has 6 heteroatoms. The van der Waals surface area contributed by atoms with E-state index in [2.05, 4.69) is 0 Å². The smallest absolute Gasteiger partial charge is 0.336 e. The molecule has 146 valence electrons. The van der Waals surface area contributed by atoms with Crippen molar-refractivity contribution in [3.8, 4) is 5.75 Å². The van der Waals surface area contributed by atoms with E-state index in [-0.39, 0.29) is 11.9 Å². The number of rotatable bonds is 4. The van der Waals surface area contributed by atoms with Gasteiger partial charge in [0.2, 0.25) is 0 Å². The van der Waals surface area contributed by atoms with Crippen LogP contribution in [0.4, 0.5) is 0 Å². The average Bonchev–Trinajstić information content (AvgIpc) is 2.67. The van der Waals surface area contributed by atoms with Gasteiger partial charge in [-0.25, -0.2) is 4.79 Å². The molecule has 6 nitrogen and oxygen atoms in total. The zero-order valence-electron chi connectivity index (χ0n) is 16.1. The molecule has 1 heterocycles. The van der Waals surface area contributed by atoms with Crippen molar-refractivity contribution in [2.75, 3.05) is 0 Å². The molecule has 28 heavy (non-hydrogen) atoms. The Morgan fingerprint density at radius 2 is 1.75 bits per heavy atom. The van der Waals surface area contributed by atoms with Gasteiger partial charge in [0.05, 0.1) is 0 Å². The fourth-order valence-corrected chi connectivity index (χ4v) is 2.33. The van der Waals surface area contributed by atoms with Gasteiger partial charge in [0.1, 0.15) is 17.9 Å². The number of benzene rings is 2. The number of aryl methyl sites for hydroxylation is 1. The van der Waals surface area contributed by atoms with Gasteiger partial charge in [0, 0.05) is 30.9 Å². The number of carbonyl (C=O) groups excluding carboxylic acids is 2. The van der Waals surface area contributed by atoms with Crippen LogP contribution in [0.2, 0.25) is 0 Å². The van der Waals surface area contributed by atoms with Crippen LogP contribution < -0.4 is 10.4 Å². The Labute approximate surface area is 162 Å². The first-order chi connectivity index (χ1) is 13.4. The van der Waals surface area contributed by atoms with Crippen molar-refractivity contribution in [1.82, 2.24) is 0 Å². The third-order valence-corrected chi connectivity index (χ3v) is 3.73. The molecular weight excluding hydrogens is 360 g/mol. The molecule has 1 aromatic heterocycles. The van der Waals surface area contributed by atoms with E-state index >= 15 is 0 Å². The molecule has 0 saturated heterocycles. The molecule has 3 rings (SSSR count). The second-order valence-electron chi connectivity index (χ2n) is 6.00. The third-order valence-electron chi connectivity index (χ3n) is 3.73. The molecule has 0 atom stereocenters. The predicted molar refractivity (Wildman–Crippen MR) is 105 cm³/mol. The van der Waals surface area contributed by atoms with Gasteiger partial charge in [0.25, 0.3) is 0 Å². The summed E-state index contributed by atoms with van der Waals surface area (Å²) in [4.78, 5) is 32.8. The first kappa shape index (κ1) is 20.9. The molecular formula is C22H22O6. The van der Waals surface area contributed by atoms with Crippen molar-refractivity contribution in [3.05, 3.63) is 76.1 Å². The van der Waals surface area contributed by atoms with Gasteiger partial charge in [0.15, 0.2) is 0 Å². The number of hydrogen-bond acceptors (Lipinski definition) is 6. The van der Waals surface area contributed by atoms with Crippen molar-refractivity contribution < 1.29 is 23.5 Å². The first-order valence-corrected chi connectivity index (χ1v) is 8.81. The van der Waals surface area contributed by atoms with E-state index in [1.807, 2.05) is 37.3 Å². The Morgan fingerprint density at radius 3 is 2.39 bits per heavy atom. The molecule has 0 aliphatic heterocycles. The molecule has 0 amide bonds. The second-order valence-corrected chi connectivity index (χ2v) is 6.00. The summed E-state index contributed by atoms with van der Waals surface area (Å²) in [5.41, 5.74) is 1.87. The maximum absolute atomic E-state index is 11.2. The van der Waals surface area contributed by atoms with E-state index in [9.17, 15) is 14.4 Å². The number of fused-ring (bicyclic) bond motifs is 1. The van der Waals surface area contributed by atoms with Gasteiger partial charge in [-0.05, 0) is 30.2 Å². The fourth-order valence-electron chi connectivity index (χ4n) is 2.33. The lowest BCUT2D eigenvalue weighted by molar-refractivity contribution is -0.142. The molecule has 0 saturated carbocycles. The highest BCUT2D eigenvalue weighted by Crippen LogP contribution is 2.22. The average molecular weight is 382 g/mol. The first-order valence-electron chi connectivity index (χ1n) is 8.81. The Kier molecular flexibility index (Phi) is 7.51. The minimum absolute atomic E-state index is 0.242. The molecule has 2 aromatic carbocycles. The minimum Gasteiger partial charge on any atom is -0.461 e. The standard InChI is InChI=1S/C13H12O4.C9H10O2/c1-3-12(14)16-9-4-5-10-8(2)6-13(15)17-11(10)7-9;1-8(10)11-7-9-5-3-2-4-6-9/h4-7H,3H2,1-2H3;2-6H,7H2,1H3. The maximum atomic E-state index is 11.2. The van der Waals surface area contributed by atoms with Crippen molar-refractivity contribution in [2.24, 2.45) is 0 Å². The molecule has 0 aliphatic carbocycles. The van der Waals surface area contributed by atoms with E-state index in [1.165, 1.54) is 13.0 Å². The fraction of sp³-hybridized carbons (Fsp3) is 0.227. The van der Waals surface area contributed by atoms with Crippen LogP contribution in [-0.4, -0.2) is 11.9 Å². The quantitative estimate of drug-likeness (QED) is 0.383. The minimum atomic E-state index is -0.408. The summed E-state index contributed by atoms with van der Waals surface area (Å²) >= 11 is 0. The lowest BCUT2D eigenvalue weighted by Crippen LogP contribution is -2.05. The van der Waals surface area contributed by atoms with Crippen LogP contribution in [0.5, 0.6) is 5.75 Å². The Morgan fingerprint density at radius 1 is 1.04 bits per heavy atom. The Hall–Kier alpha value is -3.41. The van der Waals surface area contributed by atoms with Gasteiger partial charge in [-0.2, -0.15) is 0 Å². The Balaban J connectivity index is 0.000000221. The molecule has 0 N–H and O–H groups in total. The summed E-state index contributed by atoms with van der Waals surface area (Å²) in [6.45, 7) is 5.32. The highest BCUT2D eigenvalue weighted by Gasteiger charge is 2.06. The van der Waals surface area contributed by atoms with Crippen LogP contribution in [0.15, 0.2) is 63.8 Å². The van der Waals surface area contributed by atoms with Crippen LogP contribution in [0.3, 0.4) is 0 Å². The van der Waals surface area contributed by atoms with Crippen LogP contribution in [-0.2, 0) is 20.9 Å². The van der Waals surface area contributed by atoms with Crippen molar-refractivity contribution >= 4 is 22.9 Å². The van der Waals surface area contributed by atoms with Crippen LogP contribution >= 0.6 is 0 Å². The molecule has 3 aromatic rings. The zero-order valence-corrected chi connectivity index (χ0v) is 16.1. The van der Waals surface area contributed by atoms with Gasteiger partial charge in [-0.1, -0.05) is 37.3 Å².